The zero-order valence-electron chi connectivity index (χ0n) is 11.9. The Morgan fingerprint density at radius 2 is 1.87 bits per heavy atom. The van der Waals surface area contributed by atoms with E-state index >= 15 is 0 Å². The number of carbonyl (C=O) groups excluding carboxylic acids is 1. The first-order valence-corrected chi connectivity index (χ1v) is 6.79. The lowest BCUT2D eigenvalue weighted by atomic mass is 10.2. The van der Waals surface area contributed by atoms with Gasteiger partial charge in [0.1, 0.15) is 17.6 Å². The predicted molar refractivity (Wildman–Crippen MR) is 85.7 cm³/mol. The van der Waals surface area contributed by atoms with Gasteiger partial charge in [0.05, 0.1) is 22.7 Å². The van der Waals surface area contributed by atoms with E-state index in [4.69, 9.17) is 4.42 Å². The largest absolute Gasteiger partial charge is 0.507 e. The number of fused-ring (bicyclic) bond motifs is 1. The Kier molecular flexibility index (Phi) is 3.88. The fourth-order valence-corrected chi connectivity index (χ4v) is 2.07. The Morgan fingerprint density at radius 1 is 1.13 bits per heavy atom. The van der Waals surface area contributed by atoms with Crippen molar-refractivity contribution >= 4 is 23.1 Å². The van der Waals surface area contributed by atoms with Crippen molar-refractivity contribution in [1.29, 1.82) is 0 Å². The van der Waals surface area contributed by atoms with Crippen LogP contribution in [-0.4, -0.2) is 17.2 Å². The van der Waals surface area contributed by atoms with Gasteiger partial charge < -0.3 is 9.52 Å². The van der Waals surface area contributed by atoms with Gasteiger partial charge in [-0.05, 0) is 24.3 Å². The molecule has 2 N–H and O–H groups in total. The van der Waals surface area contributed by atoms with Crippen molar-refractivity contribution in [2.45, 2.75) is 0 Å². The SMILES string of the molecule is O=C(NN=Cc1coc2ccccc2c1=O)c1ccccc1O. The number of para-hydroxylation sites is 2. The Morgan fingerprint density at radius 3 is 2.70 bits per heavy atom. The highest BCUT2D eigenvalue weighted by Gasteiger charge is 2.09. The second-order valence-electron chi connectivity index (χ2n) is 4.73. The number of amides is 1. The smallest absolute Gasteiger partial charge is 0.275 e. The molecular weight excluding hydrogens is 296 g/mol. The summed E-state index contributed by atoms with van der Waals surface area (Å²) in [6.07, 6.45) is 2.48. The maximum absolute atomic E-state index is 12.2. The van der Waals surface area contributed by atoms with Crippen LogP contribution in [-0.2, 0) is 0 Å². The predicted octanol–water partition coefficient (Wildman–Crippen LogP) is 2.26. The van der Waals surface area contributed by atoms with Gasteiger partial charge in [0.2, 0.25) is 5.43 Å². The van der Waals surface area contributed by atoms with E-state index in [1.54, 1.807) is 36.4 Å². The monoisotopic (exact) mass is 308 g/mol. The minimum atomic E-state index is -0.579. The Labute approximate surface area is 130 Å². The van der Waals surface area contributed by atoms with Gasteiger partial charge in [-0.1, -0.05) is 24.3 Å². The van der Waals surface area contributed by atoms with Gasteiger partial charge in [-0.15, -0.1) is 0 Å². The second kappa shape index (κ2) is 6.15. The molecule has 6 heteroatoms. The van der Waals surface area contributed by atoms with Crippen LogP contribution < -0.4 is 10.9 Å². The highest BCUT2D eigenvalue weighted by molar-refractivity contribution is 5.97. The number of hydrazone groups is 1. The maximum atomic E-state index is 12.2. The third kappa shape index (κ3) is 2.96. The summed E-state index contributed by atoms with van der Waals surface area (Å²) in [5, 5.41) is 13.7. The van der Waals surface area contributed by atoms with E-state index in [9.17, 15) is 14.7 Å². The van der Waals surface area contributed by atoms with E-state index in [-0.39, 0.29) is 22.3 Å². The lowest BCUT2D eigenvalue weighted by Gasteiger charge is -2.02. The van der Waals surface area contributed by atoms with Gasteiger partial charge in [0.25, 0.3) is 5.91 Å². The summed E-state index contributed by atoms with van der Waals surface area (Å²) in [5.41, 5.74) is 2.79. The molecule has 1 amide bonds. The summed E-state index contributed by atoms with van der Waals surface area (Å²) in [4.78, 5) is 24.1. The number of phenolic OH excluding ortho intramolecular Hbond substituents is 1. The molecule has 2 aromatic carbocycles. The molecule has 114 valence electrons. The van der Waals surface area contributed by atoms with E-state index in [2.05, 4.69) is 10.5 Å². The number of rotatable bonds is 3. The van der Waals surface area contributed by atoms with Crippen LogP contribution in [0, 0.1) is 0 Å². The Bertz CT molecular complexity index is 960. The van der Waals surface area contributed by atoms with Crippen molar-refractivity contribution < 1.29 is 14.3 Å². The third-order valence-corrected chi connectivity index (χ3v) is 3.23. The molecule has 3 aromatic rings. The molecule has 0 atom stereocenters. The summed E-state index contributed by atoms with van der Waals surface area (Å²) in [6, 6.07) is 12.9. The molecule has 0 unspecified atom stereocenters. The van der Waals surface area contributed by atoms with Crippen molar-refractivity contribution in [2.75, 3.05) is 0 Å². The molecule has 0 aliphatic carbocycles. The molecule has 1 aromatic heterocycles. The molecule has 0 spiro atoms. The summed E-state index contributed by atoms with van der Waals surface area (Å²) < 4.78 is 5.34. The molecule has 0 bridgehead atoms. The van der Waals surface area contributed by atoms with Crippen molar-refractivity contribution in [1.82, 2.24) is 5.43 Å². The van der Waals surface area contributed by atoms with Crippen molar-refractivity contribution in [2.24, 2.45) is 5.10 Å². The lowest BCUT2D eigenvalue weighted by Crippen LogP contribution is -2.18. The zero-order chi connectivity index (χ0) is 16.2. The van der Waals surface area contributed by atoms with Gasteiger partial charge in [0.15, 0.2) is 0 Å². The number of nitrogens with one attached hydrogen (secondary N) is 1. The number of benzene rings is 2. The number of hydrogen-bond donors (Lipinski definition) is 2. The first-order chi connectivity index (χ1) is 11.2. The third-order valence-electron chi connectivity index (χ3n) is 3.23. The number of nitrogens with zero attached hydrogens (tertiary/aromatic N) is 1. The van der Waals surface area contributed by atoms with Gasteiger partial charge in [-0.3, -0.25) is 9.59 Å². The molecule has 3 rings (SSSR count). The normalized spacial score (nSPS) is 11.0. The second-order valence-corrected chi connectivity index (χ2v) is 4.73. The molecule has 0 aliphatic heterocycles. The highest BCUT2D eigenvalue weighted by atomic mass is 16.3. The number of carbonyl (C=O) groups is 1. The Balaban J connectivity index is 1.81. The summed E-state index contributed by atoms with van der Waals surface area (Å²) in [6.45, 7) is 0. The van der Waals surface area contributed by atoms with Crippen LogP contribution in [0.15, 0.2) is 69.1 Å². The maximum Gasteiger partial charge on any atom is 0.275 e. The first kappa shape index (κ1) is 14.5. The van der Waals surface area contributed by atoms with Crippen LogP contribution in [0.2, 0.25) is 0 Å². The van der Waals surface area contributed by atoms with E-state index < -0.39 is 5.91 Å². The number of hydrogen-bond acceptors (Lipinski definition) is 5. The van der Waals surface area contributed by atoms with Crippen molar-refractivity contribution in [3.05, 3.63) is 76.1 Å². The number of aromatic hydroxyl groups is 1. The van der Waals surface area contributed by atoms with Gasteiger partial charge in [-0.25, -0.2) is 5.43 Å². The van der Waals surface area contributed by atoms with E-state index in [1.807, 2.05) is 0 Å². The Hall–Kier alpha value is -3.41. The molecule has 0 radical (unpaired) electrons. The van der Waals surface area contributed by atoms with Crippen LogP contribution in [0.1, 0.15) is 15.9 Å². The topological polar surface area (TPSA) is 91.9 Å². The molecule has 1 heterocycles. The average molecular weight is 308 g/mol. The van der Waals surface area contributed by atoms with Crippen LogP contribution in [0.4, 0.5) is 0 Å². The minimum Gasteiger partial charge on any atom is -0.507 e. The van der Waals surface area contributed by atoms with Gasteiger partial charge in [0, 0.05) is 0 Å². The van der Waals surface area contributed by atoms with Gasteiger partial charge in [-0.2, -0.15) is 5.10 Å². The van der Waals surface area contributed by atoms with E-state index in [0.717, 1.165) is 0 Å². The number of phenols is 1. The first-order valence-electron chi connectivity index (χ1n) is 6.79. The van der Waals surface area contributed by atoms with Crippen LogP contribution in [0.3, 0.4) is 0 Å². The molecule has 6 nitrogen and oxygen atoms in total. The summed E-state index contributed by atoms with van der Waals surface area (Å²) in [5.74, 6) is -0.727. The van der Waals surface area contributed by atoms with E-state index in [1.165, 1.54) is 24.6 Å². The molecule has 23 heavy (non-hydrogen) atoms. The van der Waals surface area contributed by atoms with Crippen molar-refractivity contribution in [3.63, 3.8) is 0 Å². The standard InChI is InChI=1S/C17H12N2O4/c20-14-7-3-1-5-12(14)17(22)19-18-9-11-10-23-15-8-4-2-6-13(15)16(11)21/h1-10,20H,(H,19,22). The average Bonchev–Trinajstić information content (AvgIpc) is 2.57. The fourth-order valence-electron chi connectivity index (χ4n) is 2.07. The highest BCUT2D eigenvalue weighted by Crippen LogP contribution is 2.15. The fraction of sp³-hybridized carbons (Fsp3) is 0. The summed E-state index contributed by atoms with van der Waals surface area (Å²) >= 11 is 0. The molecular formula is C17H12N2O4. The van der Waals surface area contributed by atoms with E-state index in [0.29, 0.717) is 11.0 Å². The lowest BCUT2D eigenvalue weighted by molar-refractivity contribution is 0.0952. The molecule has 0 aliphatic rings. The zero-order valence-corrected chi connectivity index (χ0v) is 11.9. The quantitative estimate of drug-likeness (QED) is 0.573. The van der Waals surface area contributed by atoms with Crippen molar-refractivity contribution in [3.8, 4) is 5.75 Å². The van der Waals surface area contributed by atoms with Crippen LogP contribution in [0.5, 0.6) is 5.75 Å². The van der Waals surface area contributed by atoms with Crippen LogP contribution >= 0.6 is 0 Å². The summed E-state index contributed by atoms with van der Waals surface area (Å²) in [7, 11) is 0. The molecule has 0 fully saturated rings. The molecule has 0 saturated heterocycles. The molecule has 0 saturated carbocycles. The van der Waals surface area contributed by atoms with Crippen LogP contribution in [0.25, 0.3) is 11.0 Å². The van der Waals surface area contributed by atoms with Gasteiger partial charge >= 0.3 is 0 Å². The minimum absolute atomic E-state index is 0.0928.